The second-order valence-electron chi connectivity index (χ2n) is 3.61. The van der Waals surface area contributed by atoms with Gasteiger partial charge in [-0.05, 0) is 13.0 Å². The minimum atomic E-state index is 0.111. The molecule has 92 valence electrons. The zero-order chi connectivity index (χ0) is 11.8. The van der Waals surface area contributed by atoms with Gasteiger partial charge in [-0.2, -0.15) is 0 Å². The van der Waals surface area contributed by atoms with Gasteiger partial charge in [0.2, 0.25) is 11.8 Å². The molecule has 1 aromatic rings. The third kappa shape index (κ3) is 4.69. The largest absolute Gasteiger partial charge is 0.426 e. The summed E-state index contributed by atoms with van der Waals surface area (Å²) >= 11 is 0. The van der Waals surface area contributed by atoms with Crippen molar-refractivity contribution in [2.45, 2.75) is 19.8 Å². The SMILES string of the molecule is Cc1nnc(CCCN(CCO)CCO)o1. The van der Waals surface area contributed by atoms with Gasteiger partial charge >= 0.3 is 0 Å². The Bertz CT molecular complexity index is 285. The average molecular weight is 229 g/mol. The van der Waals surface area contributed by atoms with Crippen LogP contribution in [0.3, 0.4) is 0 Å². The van der Waals surface area contributed by atoms with Crippen molar-refractivity contribution >= 4 is 0 Å². The lowest BCUT2D eigenvalue weighted by Crippen LogP contribution is -2.31. The lowest BCUT2D eigenvalue weighted by Gasteiger charge is -2.19. The van der Waals surface area contributed by atoms with Crippen LogP contribution in [0.15, 0.2) is 4.42 Å². The molecule has 0 aliphatic rings. The Hall–Kier alpha value is -0.980. The molecule has 0 atom stereocenters. The fourth-order valence-corrected chi connectivity index (χ4v) is 1.51. The van der Waals surface area contributed by atoms with Crippen molar-refractivity contribution in [3.05, 3.63) is 11.8 Å². The molecule has 0 aliphatic carbocycles. The van der Waals surface area contributed by atoms with Crippen LogP contribution < -0.4 is 0 Å². The van der Waals surface area contributed by atoms with Crippen LogP contribution in [0.2, 0.25) is 0 Å². The fourth-order valence-electron chi connectivity index (χ4n) is 1.51. The van der Waals surface area contributed by atoms with Gasteiger partial charge in [0.05, 0.1) is 13.2 Å². The molecule has 2 N–H and O–H groups in total. The topological polar surface area (TPSA) is 82.6 Å². The highest BCUT2D eigenvalue weighted by molar-refractivity contribution is 4.79. The molecule has 1 heterocycles. The first-order valence-electron chi connectivity index (χ1n) is 5.49. The summed E-state index contributed by atoms with van der Waals surface area (Å²) in [5, 5.41) is 25.3. The van der Waals surface area contributed by atoms with Crippen molar-refractivity contribution in [2.24, 2.45) is 0 Å². The van der Waals surface area contributed by atoms with E-state index in [2.05, 4.69) is 10.2 Å². The molecule has 0 spiro atoms. The van der Waals surface area contributed by atoms with Gasteiger partial charge in [0.15, 0.2) is 0 Å². The van der Waals surface area contributed by atoms with Gasteiger partial charge in [-0.25, -0.2) is 0 Å². The summed E-state index contributed by atoms with van der Waals surface area (Å²) in [5.74, 6) is 1.23. The van der Waals surface area contributed by atoms with Gasteiger partial charge in [0.1, 0.15) is 0 Å². The van der Waals surface area contributed by atoms with Crippen LogP contribution >= 0.6 is 0 Å². The molecule has 6 heteroatoms. The predicted octanol–water partition coefficient (Wildman–Crippen LogP) is -0.403. The number of hydrogen-bond acceptors (Lipinski definition) is 6. The quantitative estimate of drug-likeness (QED) is 0.631. The normalized spacial score (nSPS) is 11.2. The van der Waals surface area contributed by atoms with Gasteiger partial charge in [-0.15, -0.1) is 10.2 Å². The summed E-state index contributed by atoms with van der Waals surface area (Å²) in [7, 11) is 0. The van der Waals surface area contributed by atoms with Crippen molar-refractivity contribution in [2.75, 3.05) is 32.8 Å². The Balaban J connectivity index is 2.21. The van der Waals surface area contributed by atoms with Gasteiger partial charge in [0.25, 0.3) is 0 Å². The maximum Gasteiger partial charge on any atom is 0.216 e. The van der Waals surface area contributed by atoms with Crippen molar-refractivity contribution in [1.82, 2.24) is 15.1 Å². The summed E-state index contributed by atoms with van der Waals surface area (Å²) in [5.41, 5.74) is 0. The van der Waals surface area contributed by atoms with Gasteiger partial charge in [-0.3, -0.25) is 4.90 Å². The number of hydrogen-bond donors (Lipinski definition) is 2. The maximum absolute atomic E-state index is 8.82. The van der Waals surface area contributed by atoms with E-state index in [1.807, 2.05) is 4.90 Å². The molecular weight excluding hydrogens is 210 g/mol. The highest BCUT2D eigenvalue weighted by atomic mass is 16.4. The Morgan fingerprint density at radius 2 is 1.81 bits per heavy atom. The van der Waals surface area contributed by atoms with E-state index < -0.39 is 0 Å². The molecule has 1 aromatic heterocycles. The first-order chi connectivity index (χ1) is 7.76. The predicted molar refractivity (Wildman–Crippen MR) is 58.0 cm³/mol. The second-order valence-corrected chi connectivity index (χ2v) is 3.61. The minimum Gasteiger partial charge on any atom is -0.426 e. The molecule has 16 heavy (non-hydrogen) atoms. The van der Waals surface area contributed by atoms with Crippen LogP contribution in [-0.4, -0.2) is 58.2 Å². The van der Waals surface area contributed by atoms with E-state index in [4.69, 9.17) is 14.6 Å². The Morgan fingerprint density at radius 3 is 2.31 bits per heavy atom. The van der Waals surface area contributed by atoms with E-state index in [0.717, 1.165) is 19.4 Å². The lowest BCUT2D eigenvalue weighted by atomic mass is 10.3. The molecule has 6 nitrogen and oxygen atoms in total. The van der Waals surface area contributed by atoms with Crippen LogP contribution in [0.1, 0.15) is 18.2 Å². The number of aromatic nitrogens is 2. The number of rotatable bonds is 8. The second kappa shape index (κ2) is 7.32. The van der Waals surface area contributed by atoms with E-state index >= 15 is 0 Å². The summed E-state index contributed by atoms with van der Waals surface area (Å²) in [6.07, 6.45) is 1.61. The third-order valence-electron chi connectivity index (χ3n) is 2.27. The number of aliphatic hydroxyl groups is 2. The van der Waals surface area contributed by atoms with Crippen LogP contribution in [0.4, 0.5) is 0 Å². The van der Waals surface area contributed by atoms with E-state index in [9.17, 15) is 0 Å². The van der Waals surface area contributed by atoms with Crippen LogP contribution in [0.25, 0.3) is 0 Å². The first kappa shape index (κ1) is 13.1. The van der Waals surface area contributed by atoms with Crippen molar-refractivity contribution in [3.63, 3.8) is 0 Å². The number of aryl methyl sites for hydroxylation is 2. The van der Waals surface area contributed by atoms with Crippen LogP contribution in [-0.2, 0) is 6.42 Å². The average Bonchev–Trinajstić information content (AvgIpc) is 2.65. The first-order valence-corrected chi connectivity index (χ1v) is 5.49. The smallest absolute Gasteiger partial charge is 0.216 e. The van der Waals surface area contributed by atoms with Crippen molar-refractivity contribution < 1.29 is 14.6 Å². The molecule has 0 saturated heterocycles. The zero-order valence-corrected chi connectivity index (χ0v) is 9.59. The molecule has 0 unspecified atom stereocenters. The van der Waals surface area contributed by atoms with Gasteiger partial charge in [-0.1, -0.05) is 0 Å². The van der Waals surface area contributed by atoms with E-state index in [1.54, 1.807) is 6.92 Å². The molecular formula is C10H19N3O3. The highest BCUT2D eigenvalue weighted by Gasteiger charge is 2.06. The minimum absolute atomic E-state index is 0.111. The molecule has 0 saturated carbocycles. The van der Waals surface area contributed by atoms with Crippen LogP contribution in [0.5, 0.6) is 0 Å². The Labute approximate surface area is 94.9 Å². The summed E-state index contributed by atoms with van der Waals surface area (Å²) in [6, 6.07) is 0. The summed E-state index contributed by atoms with van der Waals surface area (Å²) in [6.45, 7) is 3.97. The highest BCUT2D eigenvalue weighted by Crippen LogP contribution is 2.02. The number of aliphatic hydroxyl groups excluding tert-OH is 2. The Kier molecular flexibility index (Phi) is 5.99. The van der Waals surface area contributed by atoms with E-state index in [0.29, 0.717) is 24.9 Å². The zero-order valence-electron chi connectivity index (χ0n) is 9.59. The lowest BCUT2D eigenvalue weighted by molar-refractivity contribution is 0.159. The van der Waals surface area contributed by atoms with E-state index in [-0.39, 0.29) is 13.2 Å². The molecule has 0 amide bonds. The molecule has 1 rings (SSSR count). The molecule has 0 fully saturated rings. The molecule has 0 radical (unpaired) electrons. The summed E-state index contributed by atoms with van der Waals surface area (Å²) in [4.78, 5) is 2.00. The van der Waals surface area contributed by atoms with Crippen molar-refractivity contribution in [1.29, 1.82) is 0 Å². The standard InChI is InChI=1S/C10H19N3O3/c1-9-11-12-10(16-9)3-2-4-13(5-7-14)6-8-15/h14-15H,2-8H2,1H3. The monoisotopic (exact) mass is 229 g/mol. The van der Waals surface area contributed by atoms with Gasteiger partial charge in [0, 0.05) is 26.4 Å². The van der Waals surface area contributed by atoms with E-state index in [1.165, 1.54) is 0 Å². The van der Waals surface area contributed by atoms with Crippen molar-refractivity contribution in [3.8, 4) is 0 Å². The molecule has 0 aromatic carbocycles. The maximum atomic E-state index is 8.82. The number of nitrogens with zero attached hydrogens (tertiary/aromatic N) is 3. The van der Waals surface area contributed by atoms with Gasteiger partial charge < -0.3 is 14.6 Å². The van der Waals surface area contributed by atoms with Crippen LogP contribution in [0, 0.1) is 6.92 Å². The third-order valence-corrected chi connectivity index (χ3v) is 2.27. The molecule has 0 bridgehead atoms. The Morgan fingerprint density at radius 1 is 1.12 bits per heavy atom. The summed E-state index contributed by atoms with van der Waals surface area (Å²) < 4.78 is 5.25. The fraction of sp³-hybridized carbons (Fsp3) is 0.800. The molecule has 0 aliphatic heterocycles.